The zero-order valence-corrected chi connectivity index (χ0v) is 14.7. The number of ether oxygens (including phenoxy) is 1. The Labute approximate surface area is 126 Å². The summed E-state index contributed by atoms with van der Waals surface area (Å²) >= 11 is 0. The monoisotopic (exact) mass is 302 g/mol. The molecule has 0 aliphatic heterocycles. The Bertz CT molecular complexity index is 316. The van der Waals surface area contributed by atoms with Crippen molar-refractivity contribution < 1.29 is 9.53 Å². The van der Waals surface area contributed by atoms with Crippen LogP contribution < -0.4 is 0 Å². The molecule has 1 aromatic rings. The van der Waals surface area contributed by atoms with Crippen molar-refractivity contribution in [1.82, 2.24) is 0 Å². The minimum absolute atomic E-state index is 0.266. The third-order valence-corrected chi connectivity index (χ3v) is 3.70. The van der Waals surface area contributed by atoms with E-state index in [9.17, 15) is 0 Å². The smallest absolute Gasteiger partial charge is 0.292 e. The zero-order chi connectivity index (χ0) is 15.3. The number of methoxy groups -OCH3 is 1. The molecule has 2 nitrogen and oxygen atoms in total. The molecule has 0 bridgehead atoms. The van der Waals surface area contributed by atoms with Crippen LogP contribution in [0.3, 0.4) is 0 Å². The van der Waals surface area contributed by atoms with Crippen LogP contribution in [0.15, 0.2) is 29.2 Å². The molecule has 0 atom stereocenters. The van der Waals surface area contributed by atoms with Gasteiger partial charge in [0.25, 0.3) is 6.47 Å². The van der Waals surface area contributed by atoms with Crippen molar-refractivity contribution in [3.8, 4) is 0 Å². The molecule has 0 radical (unpaired) electrons. The summed E-state index contributed by atoms with van der Waals surface area (Å²) in [6.45, 7) is 11.1. The van der Waals surface area contributed by atoms with Crippen LogP contribution in [-0.4, -0.2) is 19.8 Å². The highest BCUT2D eigenvalue weighted by Gasteiger charge is 2.12. The van der Waals surface area contributed by atoms with Crippen LogP contribution in [0.4, 0.5) is 0 Å². The summed E-state index contributed by atoms with van der Waals surface area (Å²) in [5.41, 5.74) is 1.67. The predicted octanol–water partition coefficient (Wildman–Crippen LogP) is 5.17. The molecule has 0 aromatic heterocycles. The van der Waals surface area contributed by atoms with Crippen LogP contribution in [0.25, 0.3) is 0 Å². The van der Waals surface area contributed by atoms with Crippen LogP contribution in [-0.2, 0) is 14.9 Å². The van der Waals surface area contributed by atoms with Gasteiger partial charge in [0.2, 0.25) is 0 Å². The lowest BCUT2D eigenvalue weighted by molar-refractivity contribution is -0.126. The van der Waals surface area contributed by atoms with E-state index in [1.807, 2.05) is 24.6 Å². The van der Waals surface area contributed by atoms with Crippen molar-refractivity contribution in [3.05, 3.63) is 29.8 Å². The topological polar surface area (TPSA) is 26.3 Å². The number of carbonyl (C=O) groups excluding carboxylic acids is 1. The van der Waals surface area contributed by atoms with E-state index in [0.717, 1.165) is 0 Å². The summed E-state index contributed by atoms with van der Waals surface area (Å²) in [6.07, 6.45) is 2.10. The van der Waals surface area contributed by atoms with Gasteiger partial charge in [-0.15, -0.1) is 0 Å². The second-order valence-corrected chi connectivity index (χ2v) is 6.83. The highest BCUT2D eigenvalue weighted by atomic mass is 33.1. The molecule has 0 spiro atoms. The molecule has 0 unspecified atom stereocenters. The summed E-state index contributed by atoms with van der Waals surface area (Å²) in [7, 11) is 4.91. The molecule has 19 heavy (non-hydrogen) atoms. The first-order chi connectivity index (χ1) is 8.95. The summed E-state index contributed by atoms with van der Waals surface area (Å²) < 4.78 is 3.86. The Morgan fingerprint density at radius 1 is 1.11 bits per heavy atom. The normalized spacial score (nSPS) is 9.42. The second kappa shape index (κ2) is 12.4. The number of hydrogen-bond acceptors (Lipinski definition) is 4. The quantitative estimate of drug-likeness (QED) is 0.568. The van der Waals surface area contributed by atoms with Crippen LogP contribution in [0, 0.1) is 0 Å². The second-order valence-electron chi connectivity index (χ2n) is 4.36. The lowest BCUT2D eigenvalue weighted by atomic mass is 9.87. The van der Waals surface area contributed by atoms with E-state index in [1.54, 1.807) is 10.8 Å². The van der Waals surface area contributed by atoms with Crippen molar-refractivity contribution in [2.24, 2.45) is 0 Å². The number of carbonyl (C=O) groups is 1. The molecule has 4 heteroatoms. The van der Waals surface area contributed by atoms with Gasteiger partial charge in [-0.2, -0.15) is 0 Å². The molecule has 0 amide bonds. The van der Waals surface area contributed by atoms with E-state index in [-0.39, 0.29) is 5.41 Å². The van der Waals surface area contributed by atoms with Gasteiger partial charge in [0.1, 0.15) is 0 Å². The fourth-order valence-electron chi connectivity index (χ4n) is 1.11. The minimum Gasteiger partial charge on any atom is -0.471 e. The first kappa shape index (κ1) is 20.7. The van der Waals surface area contributed by atoms with Crippen molar-refractivity contribution >= 4 is 28.1 Å². The lowest BCUT2D eigenvalue weighted by Crippen LogP contribution is -2.10. The Morgan fingerprint density at radius 3 is 1.79 bits per heavy atom. The third-order valence-electron chi connectivity index (χ3n) is 2.00. The molecule has 1 aromatic carbocycles. The average Bonchev–Trinajstić information content (AvgIpc) is 2.41. The summed E-state index contributed by atoms with van der Waals surface area (Å²) in [6, 6.07) is 8.83. The molecule has 0 fully saturated rings. The molecular weight excluding hydrogens is 276 g/mol. The maximum atomic E-state index is 8.95. The fraction of sp³-hybridized carbons (Fsp3) is 0.533. The molecule has 0 saturated heterocycles. The Hall–Kier alpha value is -0.610. The largest absolute Gasteiger partial charge is 0.471 e. The molecular formula is C15H26O2S2. The van der Waals surface area contributed by atoms with E-state index in [1.165, 1.54) is 17.6 Å². The molecule has 0 saturated carbocycles. The van der Waals surface area contributed by atoms with Gasteiger partial charge in [0, 0.05) is 4.90 Å². The Kier molecular flexibility index (Phi) is 13.5. The molecule has 1 rings (SSSR count). The SMILES string of the molecule is CC.COC=O.CSSc1ccc(C(C)(C)C)cc1. The highest BCUT2D eigenvalue weighted by Crippen LogP contribution is 2.30. The fourth-order valence-corrected chi connectivity index (χ4v) is 2.46. The molecule has 0 aliphatic rings. The Balaban J connectivity index is 0. The van der Waals surface area contributed by atoms with E-state index < -0.39 is 0 Å². The first-order valence-corrected chi connectivity index (χ1v) is 8.79. The van der Waals surface area contributed by atoms with Crippen LogP contribution in [0.1, 0.15) is 40.2 Å². The van der Waals surface area contributed by atoms with E-state index in [2.05, 4.69) is 56.0 Å². The number of benzene rings is 1. The van der Waals surface area contributed by atoms with Crippen molar-refractivity contribution in [3.63, 3.8) is 0 Å². The molecule has 110 valence electrons. The molecule has 0 aliphatic carbocycles. The minimum atomic E-state index is 0.266. The van der Waals surface area contributed by atoms with Gasteiger partial charge in [0.15, 0.2) is 0 Å². The number of rotatable bonds is 3. The highest BCUT2D eigenvalue weighted by molar-refractivity contribution is 8.76. The van der Waals surface area contributed by atoms with E-state index >= 15 is 0 Å². The molecule has 0 N–H and O–H groups in total. The van der Waals surface area contributed by atoms with Crippen LogP contribution in [0.2, 0.25) is 0 Å². The van der Waals surface area contributed by atoms with Crippen LogP contribution in [0.5, 0.6) is 0 Å². The maximum absolute atomic E-state index is 8.95. The predicted molar refractivity (Wildman–Crippen MR) is 88.9 cm³/mol. The van der Waals surface area contributed by atoms with Gasteiger partial charge in [0.05, 0.1) is 7.11 Å². The maximum Gasteiger partial charge on any atom is 0.292 e. The van der Waals surface area contributed by atoms with E-state index in [0.29, 0.717) is 6.47 Å². The summed E-state index contributed by atoms with van der Waals surface area (Å²) in [5, 5.41) is 0. The number of hydrogen-bond donors (Lipinski definition) is 0. The standard InChI is InChI=1S/C11H16S2.C2H4O2.C2H6/c1-11(2,3)9-5-7-10(8-6-9)13-12-4;1-4-2-3;1-2/h5-8H,1-4H3;2H,1H3;1-2H3. The van der Waals surface area contributed by atoms with Crippen molar-refractivity contribution in [2.75, 3.05) is 13.4 Å². The van der Waals surface area contributed by atoms with Gasteiger partial charge < -0.3 is 4.74 Å². The third kappa shape index (κ3) is 11.0. The van der Waals surface area contributed by atoms with Crippen LogP contribution >= 0.6 is 21.6 Å². The van der Waals surface area contributed by atoms with Gasteiger partial charge in [-0.25, -0.2) is 0 Å². The molecule has 0 heterocycles. The van der Waals surface area contributed by atoms with Gasteiger partial charge >= 0.3 is 0 Å². The first-order valence-electron chi connectivity index (χ1n) is 6.23. The van der Waals surface area contributed by atoms with E-state index in [4.69, 9.17) is 4.79 Å². The van der Waals surface area contributed by atoms with Gasteiger partial charge in [-0.05, 0) is 29.4 Å². The van der Waals surface area contributed by atoms with Crippen molar-refractivity contribution in [2.45, 2.75) is 44.9 Å². The van der Waals surface area contributed by atoms with Crippen molar-refractivity contribution in [1.29, 1.82) is 0 Å². The average molecular weight is 303 g/mol. The zero-order valence-electron chi connectivity index (χ0n) is 13.0. The van der Waals surface area contributed by atoms with Gasteiger partial charge in [-0.3, -0.25) is 4.79 Å². The Morgan fingerprint density at radius 2 is 1.53 bits per heavy atom. The lowest BCUT2D eigenvalue weighted by Gasteiger charge is -2.18. The van der Waals surface area contributed by atoms with Gasteiger partial charge in [-0.1, -0.05) is 68.3 Å². The summed E-state index contributed by atoms with van der Waals surface area (Å²) in [5.74, 6) is 0. The summed E-state index contributed by atoms with van der Waals surface area (Å²) in [4.78, 5) is 10.3.